The van der Waals surface area contributed by atoms with Gasteiger partial charge in [0, 0.05) is 16.9 Å². The lowest BCUT2D eigenvalue weighted by atomic mass is 9.62. The Kier molecular flexibility index (Phi) is 2.97. The van der Waals surface area contributed by atoms with Gasteiger partial charge in [0.25, 0.3) is 0 Å². The summed E-state index contributed by atoms with van der Waals surface area (Å²) in [5.74, 6) is -0.166. The molecule has 1 unspecified atom stereocenters. The lowest BCUT2D eigenvalue weighted by Crippen LogP contribution is -2.37. The molecule has 2 aromatic rings. The quantitative estimate of drug-likeness (QED) is 0.789. The number of esters is 1. The summed E-state index contributed by atoms with van der Waals surface area (Å²) in [6.07, 6.45) is 6.08. The third kappa shape index (κ3) is 1.77. The molecule has 0 radical (unpaired) electrons. The molecule has 0 saturated carbocycles. The molecule has 2 aromatic carbocycles. The van der Waals surface area contributed by atoms with Crippen LogP contribution in [0.1, 0.15) is 11.1 Å². The van der Waals surface area contributed by atoms with Gasteiger partial charge in [0.2, 0.25) is 0 Å². The van der Waals surface area contributed by atoms with Crippen molar-refractivity contribution in [2.24, 2.45) is 5.92 Å². The van der Waals surface area contributed by atoms with Crippen LogP contribution in [0.5, 0.6) is 0 Å². The number of carbonyl (C=O) groups excluding carboxylic acids is 1. The summed E-state index contributed by atoms with van der Waals surface area (Å²) in [7, 11) is 0. The molecule has 0 aromatic heterocycles. The largest absolute Gasteiger partial charge is 0.462 e. The smallest absolute Gasteiger partial charge is 0.334 e. The fourth-order valence-electron chi connectivity index (χ4n) is 3.64. The second-order valence-corrected chi connectivity index (χ2v) is 5.73. The Bertz CT molecular complexity index is 717. The van der Waals surface area contributed by atoms with Gasteiger partial charge in [-0.1, -0.05) is 78.9 Å². The van der Waals surface area contributed by atoms with Gasteiger partial charge in [-0.3, -0.25) is 0 Å². The highest BCUT2D eigenvalue weighted by atomic mass is 16.5. The summed E-state index contributed by atoms with van der Waals surface area (Å²) >= 11 is 0. The maximum Gasteiger partial charge on any atom is 0.334 e. The van der Waals surface area contributed by atoms with Crippen LogP contribution < -0.4 is 0 Å². The van der Waals surface area contributed by atoms with Crippen LogP contribution >= 0.6 is 0 Å². The van der Waals surface area contributed by atoms with Gasteiger partial charge in [-0.15, -0.1) is 0 Å². The summed E-state index contributed by atoms with van der Waals surface area (Å²) in [6.45, 7) is 0.429. The topological polar surface area (TPSA) is 26.3 Å². The number of benzene rings is 2. The summed E-state index contributed by atoms with van der Waals surface area (Å²) in [5, 5.41) is 0. The molecule has 108 valence electrons. The molecule has 0 spiro atoms. The van der Waals surface area contributed by atoms with E-state index >= 15 is 0 Å². The molecule has 22 heavy (non-hydrogen) atoms. The molecule has 2 aliphatic rings. The van der Waals surface area contributed by atoms with Crippen molar-refractivity contribution in [3.63, 3.8) is 0 Å². The molecular weight excluding hydrogens is 272 g/mol. The molecule has 2 heteroatoms. The Morgan fingerprint density at radius 2 is 1.50 bits per heavy atom. The highest BCUT2D eigenvalue weighted by Gasteiger charge is 2.48. The van der Waals surface area contributed by atoms with Gasteiger partial charge in [-0.2, -0.15) is 0 Å². The van der Waals surface area contributed by atoms with E-state index in [0.717, 1.165) is 5.57 Å². The lowest BCUT2D eigenvalue weighted by Gasteiger charge is -2.38. The van der Waals surface area contributed by atoms with E-state index in [0.29, 0.717) is 6.61 Å². The van der Waals surface area contributed by atoms with Crippen LogP contribution in [0.4, 0.5) is 0 Å². The molecule has 0 bridgehead atoms. The Morgan fingerprint density at radius 3 is 2.09 bits per heavy atom. The number of carbonyl (C=O) groups is 1. The van der Waals surface area contributed by atoms with E-state index in [-0.39, 0.29) is 17.3 Å². The van der Waals surface area contributed by atoms with E-state index in [2.05, 4.69) is 30.3 Å². The van der Waals surface area contributed by atoms with Crippen molar-refractivity contribution in [3.8, 4) is 0 Å². The van der Waals surface area contributed by atoms with Crippen LogP contribution in [0.25, 0.3) is 0 Å². The molecule has 0 amide bonds. The second-order valence-electron chi connectivity index (χ2n) is 5.73. The summed E-state index contributed by atoms with van der Waals surface area (Å²) in [6, 6.07) is 20.7. The number of hydrogen-bond donors (Lipinski definition) is 0. The van der Waals surface area contributed by atoms with E-state index in [4.69, 9.17) is 4.74 Å². The third-order valence-corrected chi connectivity index (χ3v) is 4.68. The Morgan fingerprint density at radius 1 is 0.909 bits per heavy atom. The predicted molar refractivity (Wildman–Crippen MR) is 85.3 cm³/mol. The lowest BCUT2D eigenvalue weighted by molar-refractivity contribution is -0.135. The molecule has 1 heterocycles. The first-order valence-corrected chi connectivity index (χ1v) is 7.50. The zero-order valence-corrected chi connectivity index (χ0v) is 12.1. The number of fused-ring (bicyclic) bond motifs is 1. The zero-order chi connectivity index (χ0) is 15.0. The number of ether oxygens (including phenoxy) is 1. The summed E-state index contributed by atoms with van der Waals surface area (Å²) in [4.78, 5) is 12.0. The second kappa shape index (κ2) is 4.99. The number of hydrogen-bond acceptors (Lipinski definition) is 2. The van der Waals surface area contributed by atoms with E-state index < -0.39 is 0 Å². The molecule has 1 aliphatic heterocycles. The fourth-order valence-corrected chi connectivity index (χ4v) is 3.64. The number of allylic oxidation sites excluding steroid dienone is 3. The minimum atomic E-state index is -0.348. The van der Waals surface area contributed by atoms with Gasteiger partial charge in [-0.05, 0) is 11.1 Å². The van der Waals surface area contributed by atoms with Crippen molar-refractivity contribution in [1.29, 1.82) is 0 Å². The van der Waals surface area contributed by atoms with Crippen LogP contribution in [0.15, 0.2) is 84.5 Å². The van der Waals surface area contributed by atoms with Gasteiger partial charge < -0.3 is 4.74 Å². The average Bonchev–Trinajstić information content (AvgIpc) is 2.98. The van der Waals surface area contributed by atoms with Crippen molar-refractivity contribution in [2.45, 2.75) is 5.41 Å². The molecule has 0 N–H and O–H groups in total. The van der Waals surface area contributed by atoms with Crippen LogP contribution in [0, 0.1) is 5.92 Å². The molecule has 1 aliphatic carbocycles. The standard InChI is InChI=1S/C20H16O2/c21-19-17-12-7-13-20(18(17)14-22-19,15-8-3-1-4-9-15)16-10-5-2-6-11-16/h1-13,18H,14H2. The van der Waals surface area contributed by atoms with Gasteiger partial charge in [0.15, 0.2) is 0 Å². The highest BCUT2D eigenvalue weighted by Crippen LogP contribution is 2.48. The predicted octanol–water partition coefficient (Wildman–Crippen LogP) is 3.64. The van der Waals surface area contributed by atoms with Crippen molar-refractivity contribution >= 4 is 5.97 Å². The molecule has 4 rings (SSSR count). The minimum Gasteiger partial charge on any atom is -0.462 e. The number of cyclic esters (lactones) is 1. The van der Waals surface area contributed by atoms with Crippen LogP contribution in [-0.4, -0.2) is 12.6 Å². The van der Waals surface area contributed by atoms with Crippen molar-refractivity contribution in [2.75, 3.05) is 6.61 Å². The maximum absolute atomic E-state index is 12.0. The Hall–Kier alpha value is -2.61. The monoisotopic (exact) mass is 288 g/mol. The molecule has 1 atom stereocenters. The number of rotatable bonds is 2. The zero-order valence-electron chi connectivity index (χ0n) is 12.1. The fraction of sp³-hybridized carbons (Fsp3) is 0.150. The van der Waals surface area contributed by atoms with Crippen molar-refractivity contribution < 1.29 is 9.53 Å². The molecule has 2 nitrogen and oxygen atoms in total. The highest BCUT2D eigenvalue weighted by molar-refractivity contribution is 5.92. The van der Waals surface area contributed by atoms with Crippen LogP contribution in [0.2, 0.25) is 0 Å². The van der Waals surface area contributed by atoms with Gasteiger partial charge >= 0.3 is 5.97 Å². The van der Waals surface area contributed by atoms with E-state index in [1.165, 1.54) is 11.1 Å². The van der Waals surface area contributed by atoms with Crippen molar-refractivity contribution in [3.05, 3.63) is 95.6 Å². The third-order valence-electron chi connectivity index (χ3n) is 4.68. The molecular formula is C20H16O2. The Labute approximate surface area is 129 Å². The summed E-state index contributed by atoms with van der Waals surface area (Å²) in [5.41, 5.74) is 2.80. The van der Waals surface area contributed by atoms with Crippen LogP contribution in [-0.2, 0) is 14.9 Å². The normalized spacial score (nSPS) is 21.9. The first kappa shape index (κ1) is 13.1. The SMILES string of the molecule is O=C1OCC2C1=CC=CC2(c1ccccc1)c1ccccc1. The molecule has 1 saturated heterocycles. The Balaban J connectivity index is 1.97. The van der Waals surface area contributed by atoms with Gasteiger partial charge in [-0.25, -0.2) is 4.79 Å². The van der Waals surface area contributed by atoms with E-state index in [1.807, 2.05) is 48.6 Å². The van der Waals surface area contributed by atoms with E-state index in [1.54, 1.807) is 0 Å². The average molecular weight is 288 g/mol. The first-order valence-electron chi connectivity index (χ1n) is 7.50. The maximum atomic E-state index is 12.0. The van der Waals surface area contributed by atoms with Gasteiger partial charge in [0.05, 0.1) is 0 Å². The van der Waals surface area contributed by atoms with Gasteiger partial charge in [0.1, 0.15) is 6.61 Å². The van der Waals surface area contributed by atoms with E-state index in [9.17, 15) is 4.79 Å². The molecule has 1 fully saturated rings. The summed E-state index contributed by atoms with van der Waals surface area (Å²) < 4.78 is 5.35. The minimum absolute atomic E-state index is 0.0230. The van der Waals surface area contributed by atoms with Crippen molar-refractivity contribution in [1.82, 2.24) is 0 Å². The van der Waals surface area contributed by atoms with Crippen LogP contribution in [0.3, 0.4) is 0 Å². The first-order chi connectivity index (χ1) is 10.8.